The fourth-order valence-electron chi connectivity index (χ4n) is 4.67. The molecule has 1 aromatic carbocycles. The first kappa shape index (κ1) is 20.1. The van der Waals surface area contributed by atoms with Crippen molar-refractivity contribution in [2.75, 3.05) is 45.8 Å². The smallest absolute Gasteiger partial charge is 0.295 e. The molecule has 2 aromatic rings. The third kappa shape index (κ3) is 4.87. The van der Waals surface area contributed by atoms with E-state index in [4.69, 9.17) is 0 Å². The van der Waals surface area contributed by atoms with Gasteiger partial charge in [0.15, 0.2) is 0 Å². The molecule has 2 aliphatic rings. The predicted molar refractivity (Wildman–Crippen MR) is 115 cm³/mol. The van der Waals surface area contributed by atoms with Crippen molar-refractivity contribution in [2.45, 2.75) is 32.1 Å². The Morgan fingerprint density at radius 3 is 2.62 bits per heavy atom. The van der Waals surface area contributed by atoms with Gasteiger partial charge in [-0.15, -0.1) is 0 Å². The molecule has 0 spiro atoms. The molecular weight excluding hydrogens is 364 g/mol. The second-order valence-corrected chi connectivity index (χ2v) is 8.42. The Balaban J connectivity index is 1.48. The van der Waals surface area contributed by atoms with Crippen molar-refractivity contribution in [2.24, 2.45) is 5.92 Å². The molecule has 6 heteroatoms. The van der Waals surface area contributed by atoms with Crippen LogP contribution in [-0.2, 0) is 4.79 Å². The maximum absolute atomic E-state index is 13.3. The molecule has 1 amide bonds. The van der Waals surface area contributed by atoms with Gasteiger partial charge in [0.1, 0.15) is 0 Å². The summed E-state index contributed by atoms with van der Waals surface area (Å²) in [4.78, 5) is 33.7. The van der Waals surface area contributed by atoms with Crippen LogP contribution < -0.4 is 5.32 Å². The number of hydrogen-bond donors (Lipinski definition) is 2. The van der Waals surface area contributed by atoms with Crippen LogP contribution in [0, 0.1) is 5.92 Å². The van der Waals surface area contributed by atoms with Crippen molar-refractivity contribution in [1.29, 1.82) is 0 Å². The predicted octanol–water partition coefficient (Wildman–Crippen LogP) is 2.66. The van der Waals surface area contributed by atoms with Gasteiger partial charge in [0.05, 0.1) is 5.56 Å². The van der Waals surface area contributed by atoms with E-state index in [1.807, 2.05) is 29.2 Å². The van der Waals surface area contributed by atoms with E-state index in [2.05, 4.69) is 15.2 Å². The molecule has 2 N–H and O–H groups in total. The quantitative estimate of drug-likeness (QED) is 0.558. The van der Waals surface area contributed by atoms with Gasteiger partial charge in [0.2, 0.25) is 0 Å². The van der Waals surface area contributed by atoms with E-state index in [9.17, 15) is 9.59 Å². The molecule has 2 heterocycles. The average Bonchev–Trinajstić information content (AvgIpc) is 3.21. The van der Waals surface area contributed by atoms with Crippen LogP contribution in [0.5, 0.6) is 0 Å². The summed E-state index contributed by atoms with van der Waals surface area (Å²) >= 11 is 0. The summed E-state index contributed by atoms with van der Waals surface area (Å²) in [6.07, 6.45) is 7.78. The number of hydrogen-bond acceptors (Lipinski definition) is 4. The number of amides is 1. The Morgan fingerprint density at radius 1 is 1.07 bits per heavy atom. The van der Waals surface area contributed by atoms with E-state index in [0.717, 1.165) is 43.6 Å². The van der Waals surface area contributed by atoms with Crippen LogP contribution >= 0.6 is 0 Å². The molecule has 4 rings (SSSR count). The first-order valence-corrected chi connectivity index (χ1v) is 11.0. The minimum absolute atomic E-state index is 0.351. The number of piperazine rings is 1. The molecule has 1 aliphatic carbocycles. The maximum atomic E-state index is 13.3. The van der Waals surface area contributed by atoms with Crippen LogP contribution in [0.1, 0.15) is 42.5 Å². The molecule has 2 fully saturated rings. The van der Waals surface area contributed by atoms with Gasteiger partial charge in [-0.25, -0.2) is 0 Å². The Kier molecular flexibility index (Phi) is 6.62. The Morgan fingerprint density at radius 2 is 1.83 bits per heavy atom. The van der Waals surface area contributed by atoms with E-state index in [0.29, 0.717) is 24.6 Å². The van der Waals surface area contributed by atoms with E-state index < -0.39 is 5.78 Å². The molecule has 1 aliphatic heterocycles. The van der Waals surface area contributed by atoms with Crippen LogP contribution in [0.4, 0.5) is 0 Å². The molecule has 156 valence electrons. The second-order valence-electron chi connectivity index (χ2n) is 8.42. The monoisotopic (exact) mass is 396 g/mol. The van der Waals surface area contributed by atoms with Crippen LogP contribution in [0.3, 0.4) is 0 Å². The third-order valence-electron chi connectivity index (χ3n) is 6.41. The zero-order valence-electron chi connectivity index (χ0n) is 17.2. The van der Waals surface area contributed by atoms with Gasteiger partial charge >= 0.3 is 0 Å². The standard InChI is InChI=1S/C23H32N4O2/c28-22(20-16-25-21-9-5-4-8-19(20)21)23(29)27(17-18-6-2-1-3-7-18)15-14-26-12-10-24-11-13-26/h4-5,8-9,16,18,24-25H,1-3,6-7,10-15,17H2. The lowest BCUT2D eigenvalue weighted by Crippen LogP contribution is -2.48. The lowest BCUT2D eigenvalue weighted by Gasteiger charge is -2.33. The third-order valence-corrected chi connectivity index (χ3v) is 6.41. The molecule has 0 unspecified atom stereocenters. The van der Waals surface area contributed by atoms with Gasteiger partial charge in [-0.2, -0.15) is 0 Å². The van der Waals surface area contributed by atoms with Gasteiger partial charge < -0.3 is 15.2 Å². The van der Waals surface area contributed by atoms with Crippen molar-refractivity contribution in [3.05, 3.63) is 36.0 Å². The molecule has 1 saturated heterocycles. The summed E-state index contributed by atoms with van der Waals surface area (Å²) in [5.41, 5.74) is 1.38. The number of benzene rings is 1. The minimum Gasteiger partial charge on any atom is -0.360 e. The average molecular weight is 397 g/mol. The Bertz CT molecular complexity index is 834. The van der Waals surface area contributed by atoms with Crippen molar-refractivity contribution in [3.63, 3.8) is 0 Å². The fraction of sp³-hybridized carbons (Fsp3) is 0.565. The highest BCUT2D eigenvalue weighted by Gasteiger charge is 2.28. The number of nitrogens with zero attached hydrogens (tertiary/aromatic N) is 2. The number of rotatable bonds is 7. The number of para-hydroxylation sites is 1. The molecule has 29 heavy (non-hydrogen) atoms. The summed E-state index contributed by atoms with van der Waals surface area (Å²) in [5, 5.41) is 4.19. The number of Topliss-reactive ketones (excluding diaryl/α,β-unsaturated/α-hetero) is 1. The molecule has 0 atom stereocenters. The van der Waals surface area contributed by atoms with Crippen LogP contribution in [0.2, 0.25) is 0 Å². The number of aromatic amines is 1. The number of carbonyl (C=O) groups excluding carboxylic acids is 2. The number of fused-ring (bicyclic) bond motifs is 1. The molecule has 0 radical (unpaired) electrons. The summed E-state index contributed by atoms with van der Waals surface area (Å²) in [6.45, 7) is 6.16. The summed E-state index contributed by atoms with van der Waals surface area (Å²) in [7, 11) is 0. The first-order valence-electron chi connectivity index (χ1n) is 11.0. The lowest BCUT2D eigenvalue weighted by atomic mass is 9.89. The molecule has 1 saturated carbocycles. The summed E-state index contributed by atoms with van der Waals surface area (Å²) < 4.78 is 0. The van der Waals surface area contributed by atoms with Crippen molar-refractivity contribution in [1.82, 2.24) is 20.1 Å². The van der Waals surface area contributed by atoms with Gasteiger partial charge in [-0.05, 0) is 24.8 Å². The maximum Gasteiger partial charge on any atom is 0.295 e. The second kappa shape index (κ2) is 9.55. The topological polar surface area (TPSA) is 68.4 Å². The van der Waals surface area contributed by atoms with E-state index in [1.165, 1.54) is 32.1 Å². The number of H-pyrrole nitrogens is 1. The number of nitrogens with one attached hydrogen (secondary N) is 2. The van der Waals surface area contributed by atoms with Crippen LogP contribution in [-0.4, -0.2) is 72.3 Å². The van der Waals surface area contributed by atoms with E-state index in [1.54, 1.807) is 6.20 Å². The summed E-state index contributed by atoms with van der Waals surface area (Å²) in [5.74, 6) is -0.222. The van der Waals surface area contributed by atoms with Gasteiger partial charge in [-0.1, -0.05) is 37.5 Å². The number of carbonyl (C=O) groups is 2. The highest BCUT2D eigenvalue weighted by molar-refractivity contribution is 6.44. The van der Waals surface area contributed by atoms with E-state index in [-0.39, 0.29) is 5.91 Å². The summed E-state index contributed by atoms with van der Waals surface area (Å²) in [6, 6.07) is 7.67. The zero-order chi connectivity index (χ0) is 20.1. The Hall–Kier alpha value is -2.18. The largest absolute Gasteiger partial charge is 0.360 e. The Labute approximate surface area is 172 Å². The zero-order valence-corrected chi connectivity index (χ0v) is 17.2. The first-order chi connectivity index (χ1) is 14.2. The van der Waals surface area contributed by atoms with Crippen molar-refractivity contribution in [3.8, 4) is 0 Å². The normalized spacial score (nSPS) is 18.8. The molecule has 6 nitrogen and oxygen atoms in total. The van der Waals surface area contributed by atoms with Gasteiger partial charge in [-0.3, -0.25) is 14.5 Å². The van der Waals surface area contributed by atoms with Gasteiger partial charge in [0, 0.05) is 62.9 Å². The SMILES string of the molecule is O=C(C(=O)N(CCN1CCNCC1)CC1CCCCC1)c1c[nH]c2ccccc12. The highest BCUT2D eigenvalue weighted by Crippen LogP contribution is 2.25. The van der Waals surface area contributed by atoms with E-state index >= 15 is 0 Å². The van der Waals surface area contributed by atoms with Crippen molar-refractivity contribution >= 4 is 22.6 Å². The lowest BCUT2D eigenvalue weighted by molar-refractivity contribution is -0.127. The fourth-order valence-corrected chi connectivity index (χ4v) is 4.67. The molecule has 0 bridgehead atoms. The number of ketones is 1. The minimum atomic E-state index is -0.390. The molecular formula is C23H32N4O2. The van der Waals surface area contributed by atoms with Crippen LogP contribution in [0.25, 0.3) is 10.9 Å². The van der Waals surface area contributed by atoms with Gasteiger partial charge in [0.25, 0.3) is 11.7 Å². The number of aromatic nitrogens is 1. The highest BCUT2D eigenvalue weighted by atomic mass is 16.2. The van der Waals surface area contributed by atoms with Crippen molar-refractivity contribution < 1.29 is 9.59 Å². The molecule has 1 aromatic heterocycles. The van der Waals surface area contributed by atoms with Crippen LogP contribution in [0.15, 0.2) is 30.5 Å².